The third-order valence-corrected chi connectivity index (χ3v) is 8.28. The van der Waals surface area contributed by atoms with E-state index < -0.39 is 15.2 Å². The van der Waals surface area contributed by atoms with Crippen LogP contribution in [0.1, 0.15) is 22.3 Å². The van der Waals surface area contributed by atoms with Crippen LogP contribution in [0.25, 0.3) is 28.2 Å². The number of thioether (sulfide) groups is 1. The van der Waals surface area contributed by atoms with E-state index in [1.54, 1.807) is 30.3 Å². The average Bonchev–Trinajstić information content (AvgIpc) is 3.55. The van der Waals surface area contributed by atoms with Crippen molar-refractivity contribution in [2.24, 2.45) is 0 Å². The smallest absolute Gasteiger partial charge is 0.270 e. The highest BCUT2D eigenvalue weighted by Crippen LogP contribution is 2.43. The van der Waals surface area contributed by atoms with Crippen molar-refractivity contribution in [1.82, 2.24) is 19.7 Å². The van der Waals surface area contributed by atoms with Gasteiger partial charge in [0.1, 0.15) is 5.37 Å². The Kier molecular flexibility index (Phi) is 7.16. The van der Waals surface area contributed by atoms with E-state index >= 15 is 0 Å². The number of nitro groups is 2. The van der Waals surface area contributed by atoms with Gasteiger partial charge in [-0.3, -0.25) is 29.9 Å². The molecule has 0 saturated carbocycles. The lowest BCUT2D eigenvalue weighted by atomic mass is 10.1. The van der Waals surface area contributed by atoms with Gasteiger partial charge < -0.3 is 0 Å². The Bertz CT molecular complexity index is 1910. The molecule has 43 heavy (non-hydrogen) atoms. The first-order valence-corrected chi connectivity index (χ1v) is 14.2. The van der Waals surface area contributed by atoms with Gasteiger partial charge in [-0.1, -0.05) is 42.5 Å². The van der Waals surface area contributed by atoms with Crippen LogP contribution in [0.5, 0.6) is 0 Å². The summed E-state index contributed by atoms with van der Waals surface area (Å²) in [5.74, 6) is -0.0641. The van der Waals surface area contributed by atoms with Crippen LogP contribution in [0.15, 0.2) is 84.9 Å². The number of hydrogen-bond acceptors (Lipinski definition) is 9. The van der Waals surface area contributed by atoms with Gasteiger partial charge in [-0.05, 0) is 37.6 Å². The van der Waals surface area contributed by atoms with Crippen molar-refractivity contribution in [1.29, 1.82) is 0 Å². The first-order chi connectivity index (χ1) is 20.7. The SMILES string of the molecule is Cc1nn(-c2ccccc2)c(C)c1-c1cc(-c2cccc([N+](=O)[O-])c2)nc(N2C(=O)CSC2c2cccc([N+](=O)[O-])c2)n1. The minimum absolute atomic E-state index is 0.0803. The Labute approximate surface area is 249 Å². The molecule has 5 aromatic rings. The summed E-state index contributed by atoms with van der Waals surface area (Å²) >= 11 is 1.31. The van der Waals surface area contributed by atoms with Gasteiger partial charge in [-0.25, -0.2) is 14.6 Å². The highest BCUT2D eigenvalue weighted by atomic mass is 32.2. The molecular formula is C30H23N7O5S. The number of para-hydroxylation sites is 1. The van der Waals surface area contributed by atoms with Crippen LogP contribution < -0.4 is 4.90 Å². The predicted molar refractivity (Wildman–Crippen MR) is 162 cm³/mol. The second kappa shape index (κ2) is 11.1. The third-order valence-electron chi connectivity index (χ3n) is 7.06. The fraction of sp³-hybridized carbons (Fsp3) is 0.133. The lowest BCUT2D eigenvalue weighted by molar-refractivity contribution is -0.385. The molecule has 0 radical (unpaired) electrons. The van der Waals surface area contributed by atoms with Gasteiger partial charge >= 0.3 is 0 Å². The van der Waals surface area contributed by atoms with Crippen molar-refractivity contribution in [2.75, 3.05) is 10.7 Å². The van der Waals surface area contributed by atoms with Gasteiger partial charge in [0.2, 0.25) is 11.9 Å². The van der Waals surface area contributed by atoms with Crippen molar-refractivity contribution in [3.8, 4) is 28.2 Å². The van der Waals surface area contributed by atoms with Crippen LogP contribution in [0.3, 0.4) is 0 Å². The highest BCUT2D eigenvalue weighted by Gasteiger charge is 2.37. The summed E-state index contributed by atoms with van der Waals surface area (Å²) < 4.78 is 1.81. The minimum Gasteiger partial charge on any atom is -0.273 e. The summed E-state index contributed by atoms with van der Waals surface area (Å²) in [4.78, 5) is 46.4. The Balaban J connectivity index is 1.54. The number of anilines is 1. The number of hydrogen-bond donors (Lipinski definition) is 0. The maximum Gasteiger partial charge on any atom is 0.270 e. The molecule has 3 aromatic carbocycles. The summed E-state index contributed by atoms with van der Waals surface area (Å²) in [6, 6.07) is 23.6. The van der Waals surface area contributed by atoms with Crippen molar-refractivity contribution in [3.63, 3.8) is 0 Å². The summed E-state index contributed by atoms with van der Waals surface area (Å²) in [6.07, 6.45) is 0. The number of aromatic nitrogens is 4. The summed E-state index contributed by atoms with van der Waals surface area (Å²) in [6.45, 7) is 3.78. The van der Waals surface area contributed by atoms with Crippen LogP contribution in [-0.2, 0) is 4.79 Å². The Hall–Kier alpha value is -5.43. The van der Waals surface area contributed by atoms with Crippen LogP contribution in [0.2, 0.25) is 0 Å². The number of carbonyl (C=O) groups is 1. The van der Waals surface area contributed by atoms with Gasteiger partial charge in [-0.15, -0.1) is 11.8 Å². The zero-order valence-electron chi connectivity index (χ0n) is 22.9. The second-order valence-corrected chi connectivity index (χ2v) is 10.9. The maximum atomic E-state index is 13.3. The van der Waals surface area contributed by atoms with E-state index in [9.17, 15) is 25.0 Å². The van der Waals surface area contributed by atoms with E-state index in [0.29, 0.717) is 28.2 Å². The number of benzene rings is 3. The van der Waals surface area contributed by atoms with Crippen LogP contribution in [0, 0.1) is 34.1 Å². The molecule has 6 rings (SSSR count). The highest BCUT2D eigenvalue weighted by molar-refractivity contribution is 8.00. The average molecular weight is 594 g/mol. The van der Waals surface area contributed by atoms with E-state index in [-0.39, 0.29) is 29.0 Å². The zero-order valence-corrected chi connectivity index (χ0v) is 23.8. The molecule has 1 amide bonds. The molecule has 0 N–H and O–H groups in total. The molecule has 13 heteroatoms. The molecule has 1 saturated heterocycles. The lowest BCUT2D eigenvalue weighted by Gasteiger charge is -2.23. The van der Waals surface area contributed by atoms with Gasteiger partial charge in [0.25, 0.3) is 11.4 Å². The normalized spacial score (nSPS) is 14.7. The Morgan fingerprint density at radius 2 is 1.51 bits per heavy atom. The van der Waals surface area contributed by atoms with Crippen molar-refractivity contribution >= 4 is 35.0 Å². The monoisotopic (exact) mass is 593 g/mol. The van der Waals surface area contributed by atoms with Crippen molar-refractivity contribution in [3.05, 3.63) is 122 Å². The Morgan fingerprint density at radius 3 is 2.23 bits per heavy atom. The fourth-order valence-electron chi connectivity index (χ4n) is 5.11. The number of amides is 1. The number of nitrogens with zero attached hydrogens (tertiary/aromatic N) is 7. The molecule has 3 heterocycles. The first kappa shape index (κ1) is 27.7. The number of aryl methyl sites for hydroxylation is 1. The molecule has 0 bridgehead atoms. The molecular weight excluding hydrogens is 570 g/mol. The standard InChI is InChI=1S/C30H23N7O5S/c1-18-28(19(2)35(33-18)22-10-4-3-5-11-22)26-16-25(20-8-6-12-23(14-20)36(39)40)31-30(32-26)34-27(38)17-43-29(34)21-9-7-13-24(15-21)37(41)42/h3-16,29H,17H2,1-2H3. The second-order valence-electron chi connectivity index (χ2n) is 9.82. The van der Waals surface area contributed by atoms with Crippen LogP contribution in [0.4, 0.5) is 17.3 Å². The van der Waals surface area contributed by atoms with Crippen LogP contribution in [-0.4, -0.2) is 41.3 Å². The van der Waals surface area contributed by atoms with Gasteiger partial charge in [0.05, 0.1) is 44.1 Å². The van der Waals surface area contributed by atoms with E-state index in [1.165, 1.54) is 40.9 Å². The van der Waals surface area contributed by atoms with Gasteiger partial charge in [0.15, 0.2) is 0 Å². The summed E-state index contributed by atoms with van der Waals surface area (Å²) in [5.41, 5.74) is 4.75. The number of non-ortho nitro benzene ring substituents is 2. The molecule has 1 atom stereocenters. The minimum atomic E-state index is -0.616. The van der Waals surface area contributed by atoms with E-state index in [1.807, 2.05) is 48.9 Å². The number of nitro benzene ring substituents is 2. The molecule has 0 aliphatic carbocycles. The Morgan fingerprint density at radius 1 is 0.837 bits per heavy atom. The predicted octanol–water partition coefficient (Wildman–Crippen LogP) is 6.21. The molecule has 12 nitrogen and oxygen atoms in total. The molecule has 214 valence electrons. The lowest BCUT2D eigenvalue weighted by Crippen LogP contribution is -2.30. The largest absolute Gasteiger partial charge is 0.273 e. The van der Waals surface area contributed by atoms with Crippen molar-refractivity contribution in [2.45, 2.75) is 19.2 Å². The van der Waals surface area contributed by atoms with Crippen molar-refractivity contribution < 1.29 is 14.6 Å². The van der Waals surface area contributed by atoms with E-state index in [0.717, 1.165) is 16.9 Å². The molecule has 1 aliphatic rings. The first-order valence-electron chi connectivity index (χ1n) is 13.1. The summed E-state index contributed by atoms with van der Waals surface area (Å²) in [5, 5.41) is 27.2. The molecule has 1 aliphatic heterocycles. The molecule has 1 fully saturated rings. The van der Waals surface area contributed by atoms with Gasteiger partial charge in [-0.2, -0.15) is 5.10 Å². The van der Waals surface area contributed by atoms with Crippen LogP contribution >= 0.6 is 11.8 Å². The molecule has 2 aromatic heterocycles. The van der Waals surface area contributed by atoms with E-state index in [2.05, 4.69) is 0 Å². The van der Waals surface area contributed by atoms with Gasteiger partial charge in [0, 0.05) is 35.4 Å². The topological polar surface area (TPSA) is 150 Å². The quantitative estimate of drug-likeness (QED) is 0.158. The van der Waals surface area contributed by atoms with E-state index in [4.69, 9.17) is 15.1 Å². The zero-order chi connectivity index (χ0) is 30.2. The number of carbonyl (C=O) groups excluding carboxylic acids is 1. The maximum absolute atomic E-state index is 13.3. The fourth-order valence-corrected chi connectivity index (χ4v) is 6.25. The molecule has 0 spiro atoms. The number of rotatable bonds is 7. The summed E-state index contributed by atoms with van der Waals surface area (Å²) in [7, 11) is 0. The third kappa shape index (κ3) is 5.21. The molecule has 1 unspecified atom stereocenters.